The number of aryl methyl sites for hydroxylation is 1. The van der Waals surface area contributed by atoms with Crippen LogP contribution in [0.15, 0.2) is 36.4 Å². The van der Waals surface area contributed by atoms with Crippen LogP contribution in [0, 0.1) is 6.92 Å². The molecule has 1 amide bonds. The van der Waals surface area contributed by atoms with Gasteiger partial charge in [0.1, 0.15) is 0 Å². The molecule has 1 unspecified atom stereocenters. The minimum atomic E-state index is -0.883. The molecule has 2 aromatic rings. The normalized spacial score (nSPS) is 17.7. The zero-order valence-electron chi connectivity index (χ0n) is 13.4. The van der Waals surface area contributed by atoms with Crippen molar-refractivity contribution in [1.82, 2.24) is 14.7 Å². The van der Waals surface area contributed by atoms with Crippen LogP contribution < -0.4 is 0 Å². The molecule has 3 rings (SSSR count). The number of thioether (sulfide) groups is 1. The maximum atomic E-state index is 12.8. The second-order valence-corrected chi connectivity index (χ2v) is 6.89. The Labute approximate surface area is 144 Å². The van der Waals surface area contributed by atoms with E-state index in [1.54, 1.807) is 27.4 Å². The average molecular weight is 345 g/mol. The molecule has 1 aliphatic rings. The van der Waals surface area contributed by atoms with Gasteiger partial charge in [0.05, 0.1) is 18.2 Å². The number of hydrogen-bond donors (Lipinski definition) is 1. The predicted molar refractivity (Wildman–Crippen MR) is 92.7 cm³/mol. The van der Waals surface area contributed by atoms with E-state index >= 15 is 0 Å². The summed E-state index contributed by atoms with van der Waals surface area (Å²) in [5.74, 6) is 0.391. The molecule has 6 nitrogen and oxygen atoms in total. The number of rotatable bonds is 4. The SMILES string of the molecule is Cc1cc(C(=O)N2CCSCC2CC(=O)O)nn1-c1ccccc1. The summed E-state index contributed by atoms with van der Waals surface area (Å²) in [6.45, 7) is 2.45. The first kappa shape index (κ1) is 16.6. The molecule has 24 heavy (non-hydrogen) atoms. The van der Waals surface area contributed by atoms with Crippen molar-refractivity contribution in [3.05, 3.63) is 47.8 Å². The minimum Gasteiger partial charge on any atom is -0.481 e. The number of hydrogen-bond acceptors (Lipinski definition) is 4. The van der Waals surface area contributed by atoms with Crippen molar-refractivity contribution in [2.75, 3.05) is 18.1 Å². The van der Waals surface area contributed by atoms with E-state index in [-0.39, 0.29) is 18.4 Å². The Kier molecular flexibility index (Phi) is 4.89. The molecular weight excluding hydrogens is 326 g/mol. The van der Waals surface area contributed by atoms with Gasteiger partial charge in [-0.05, 0) is 25.1 Å². The molecule has 1 fully saturated rings. The summed E-state index contributed by atoms with van der Waals surface area (Å²) in [7, 11) is 0. The molecule has 0 spiro atoms. The molecule has 0 radical (unpaired) electrons. The Morgan fingerprint density at radius 1 is 1.33 bits per heavy atom. The molecule has 1 aromatic heterocycles. The molecule has 126 valence electrons. The van der Waals surface area contributed by atoms with Gasteiger partial charge < -0.3 is 10.0 Å². The first-order valence-electron chi connectivity index (χ1n) is 7.79. The summed E-state index contributed by atoms with van der Waals surface area (Å²) in [6, 6.07) is 11.1. The highest BCUT2D eigenvalue weighted by atomic mass is 32.2. The highest BCUT2D eigenvalue weighted by Crippen LogP contribution is 2.22. The summed E-state index contributed by atoms with van der Waals surface area (Å²) >= 11 is 1.68. The number of nitrogens with zero attached hydrogens (tertiary/aromatic N) is 3. The summed E-state index contributed by atoms with van der Waals surface area (Å²) in [4.78, 5) is 25.5. The van der Waals surface area contributed by atoms with E-state index in [1.807, 2.05) is 37.3 Å². The van der Waals surface area contributed by atoms with Crippen LogP contribution in [0.2, 0.25) is 0 Å². The van der Waals surface area contributed by atoms with Crippen LogP contribution in [-0.2, 0) is 4.79 Å². The average Bonchev–Trinajstić information content (AvgIpc) is 2.97. The van der Waals surface area contributed by atoms with Gasteiger partial charge in [-0.1, -0.05) is 18.2 Å². The fourth-order valence-electron chi connectivity index (χ4n) is 2.85. The van der Waals surface area contributed by atoms with Crippen molar-refractivity contribution in [2.24, 2.45) is 0 Å². The first-order chi connectivity index (χ1) is 11.6. The number of aliphatic carboxylic acids is 1. The van der Waals surface area contributed by atoms with Crippen LogP contribution in [0.3, 0.4) is 0 Å². The lowest BCUT2D eigenvalue weighted by atomic mass is 10.2. The fourth-order valence-corrected chi connectivity index (χ4v) is 3.91. The number of aromatic nitrogens is 2. The van der Waals surface area contributed by atoms with Gasteiger partial charge in [0.25, 0.3) is 5.91 Å². The third-order valence-electron chi connectivity index (χ3n) is 4.01. The Morgan fingerprint density at radius 3 is 2.79 bits per heavy atom. The predicted octanol–water partition coefficient (Wildman–Crippen LogP) is 2.21. The Balaban J connectivity index is 1.85. The summed E-state index contributed by atoms with van der Waals surface area (Å²) in [6.07, 6.45) is -0.0306. The summed E-state index contributed by atoms with van der Waals surface area (Å²) in [5.41, 5.74) is 2.12. The number of amides is 1. The van der Waals surface area contributed by atoms with E-state index in [0.29, 0.717) is 18.0 Å². The highest BCUT2D eigenvalue weighted by Gasteiger charge is 2.31. The molecule has 0 bridgehead atoms. The molecule has 2 heterocycles. The zero-order valence-corrected chi connectivity index (χ0v) is 14.2. The summed E-state index contributed by atoms with van der Waals surface area (Å²) in [5, 5.41) is 13.5. The summed E-state index contributed by atoms with van der Waals surface area (Å²) < 4.78 is 1.73. The van der Waals surface area contributed by atoms with Gasteiger partial charge in [-0.2, -0.15) is 16.9 Å². The topological polar surface area (TPSA) is 75.4 Å². The second kappa shape index (κ2) is 7.09. The van der Waals surface area contributed by atoms with Gasteiger partial charge in [-0.3, -0.25) is 9.59 Å². The van der Waals surface area contributed by atoms with Gasteiger partial charge in [-0.25, -0.2) is 4.68 Å². The molecule has 1 saturated heterocycles. The molecule has 7 heteroatoms. The second-order valence-electron chi connectivity index (χ2n) is 5.74. The van der Waals surface area contributed by atoms with Crippen molar-refractivity contribution < 1.29 is 14.7 Å². The minimum absolute atomic E-state index is 0.0306. The van der Waals surface area contributed by atoms with E-state index in [1.165, 1.54) is 0 Å². The fraction of sp³-hybridized carbons (Fsp3) is 0.353. The quantitative estimate of drug-likeness (QED) is 0.919. The number of benzene rings is 1. The van der Waals surface area contributed by atoms with E-state index in [2.05, 4.69) is 5.10 Å². The maximum absolute atomic E-state index is 12.8. The third-order valence-corrected chi connectivity index (χ3v) is 5.10. The first-order valence-corrected chi connectivity index (χ1v) is 8.94. The van der Waals surface area contributed by atoms with Crippen LogP contribution in [0.4, 0.5) is 0 Å². The van der Waals surface area contributed by atoms with E-state index in [4.69, 9.17) is 5.11 Å². The largest absolute Gasteiger partial charge is 0.481 e. The number of para-hydroxylation sites is 1. The van der Waals surface area contributed by atoms with Crippen LogP contribution in [-0.4, -0.2) is 55.8 Å². The van der Waals surface area contributed by atoms with Crippen molar-refractivity contribution >= 4 is 23.6 Å². The molecule has 1 N–H and O–H groups in total. The zero-order chi connectivity index (χ0) is 17.1. The smallest absolute Gasteiger partial charge is 0.305 e. The Morgan fingerprint density at radius 2 is 2.08 bits per heavy atom. The van der Waals surface area contributed by atoms with E-state index < -0.39 is 5.97 Å². The van der Waals surface area contributed by atoms with Crippen molar-refractivity contribution in [1.29, 1.82) is 0 Å². The van der Waals surface area contributed by atoms with Crippen molar-refractivity contribution in [2.45, 2.75) is 19.4 Å². The molecule has 1 atom stereocenters. The van der Waals surface area contributed by atoms with Crippen molar-refractivity contribution in [3.63, 3.8) is 0 Å². The maximum Gasteiger partial charge on any atom is 0.305 e. The number of carboxylic acid groups (broad SMARTS) is 1. The number of carbonyl (C=O) groups excluding carboxylic acids is 1. The van der Waals surface area contributed by atoms with Gasteiger partial charge in [0.2, 0.25) is 0 Å². The number of carbonyl (C=O) groups is 2. The molecule has 1 aromatic carbocycles. The molecule has 0 aliphatic carbocycles. The molecular formula is C17H19N3O3S. The molecule has 0 saturated carbocycles. The Hall–Kier alpha value is -2.28. The van der Waals surface area contributed by atoms with Gasteiger partial charge in [0.15, 0.2) is 5.69 Å². The van der Waals surface area contributed by atoms with Crippen molar-refractivity contribution in [3.8, 4) is 5.69 Å². The third kappa shape index (κ3) is 3.46. The van der Waals surface area contributed by atoms with Crippen LogP contribution in [0.1, 0.15) is 22.6 Å². The lowest BCUT2D eigenvalue weighted by Gasteiger charge is -2.34. The van der Waals surface area contributed by atoms with Crippen LogP contribution >= 0.6 is 11.8 Å². The lowest BCUT2D eigenvalue weighted by molar-refractivity contribution is -0.138. The van der Waals surface area contributed by atoms with Gasteiger partial charge >= 0.3 is 5.97 Å². The van der Waals surface area contributed by atoms with E-state index in [9.17, 15) is 9.59 Å². The standard InChI is InChI=1S/C17H19N3O3S/c1-12-9-15(18-20(12)13-5-3-2-4-6-13)17(23)19-7-8-24-11-14(19)10-16(21)22/h2-6,9,14H,7-8,10-11H2,1H3,(H,21,22). The van der Waals surface area contributed by atoms with Crippen LogP contribution in [0.25, 0.3) is 5.69 Å². The number of carboxylic acids is 1. The molecule has 1 aliphatic heterocycles. The Bertz CT molecular complexity index is 745. The monoisotopic (exact) mass is 345 g/mol. The van der Waals surface area contributed by atoms with E-state index in [0.717, 1.165) is 17.1 Å². The van der Waals surface area contributed by atoms with Gasteiger partial charge in [0, 0.05) is 23.7 Å². The van der Waals surface area contributed by atoms with Crippen LogP contribution in [0.5, 0.6) is 0 Å². The lowest BCUT2D eigenvalue weighted by Crippen LogP contribution is -2.47. The highest BCUT2D eigenvalue weighted by molar-refractivity contribution is 7.99. The van der Waals surface area contributed by atoms with Gasteiger partial charge in [-0.15, -0.1) is 0 Å².